The molecular weight excluding hydrogens is 192 g/mol. The van der Waals surface area contributed by atoms with E-state index in [0.29, 0.717) is 0 Å². The van der Waals surface area contributed by atoms with E-state index in [2.05, 4.69) is 61.5 Å². The molecule has 2 aromatic carbocycles. The van der Waals surface area contributed by atoms with Crippen LogP contribution in [-0.2, 0) is 19.3 Å². The van der Waals surface area contributed by atoms with Crippen LogP contribution in [0.4, 0.5) is 0 Å². The molecule has 0 aliphatic carbocycles. The zero-order valence-electron chi connectivity index (χ0n) is 9.82. The fourth-order valence-corrected chi connectivity index (χ4v) is 1.87. The maximum Gasteiger partial charge on any atom is -0.0238 e. The van der Waals surface area contributed by atoms with Gasteiger partial charge in [0.2, 0.25) is 0 Å². The Hall–Kier alpha value is -1.56. The molecule has 2 rings (SSSR count). The van der Waals surface area contributed by atoms with Crippen molar-refractivity contribution < 1.29 is 0 Å². The van der Waals surface area contributed by atoms with Gasteiger partial charge in [-0.2, -0.15) is 0 Å². The fraction of sp³-hybridized carbons (Fsp3) is 0.250. The van der Waals surface area contributed by atoms with Gasteiger partial charge in [-0.15, -0.1) is 0 Å². The van der Waals surface area contributed by atoms with Crippen LogP contribution in [0.2, 0.25) is 0 Å². The van der Waals surface area contributed by atoms with E-state index in [4.69, 9.17) is 0 Å². The molecule has 0 nitrogen and oxygen atoms in total. The first kappa shape index (κ1) is 10.9. The van der Waals surface area contributed by atoms with Crippen LogP contribution in [0.1, 0.15) is 23.6 Å². The minimum absolute atomic E-state index is 1.12. The second kappa shape index (κ2) is 5.50. The Labute approximate surface area is 97.9 Å². The summed E-state index contributed by atoms with van der Waals surface area (Å²) in [5, 5.41) is 0. The lowest BCUT2D eigenvalue weighted by molar-refractivity contribution is 0.957. The summed E-state index contributed by atoms with van der Waals surface area (Å²) >= 11 is 0. The van der Waals surface area contributed by atoms with E-state index >= 15 is 0 Å². The second-order valence-corrected chi connectivity index (χ2v) is 4.16. The van der Waals surface area contributed by atoms with Gasteiger partial charge in [0, 0.05) is 0 Å². The number of rotatable bonds is 4. The van der Waals surface area contributed by atoms with Crippen LogP contribution in [0.15, 0.2) is 54.6 Å². The molecular formula is C16H18. The van der Waals surface area contributed by atoms with Crippen LogP contribution in [0.3, 0.4) is 0 Å². The molecule has 0 unspecified atom stereocenters. The van der Waals surface area contributed by atoms with Crippen molar-refractivity contribution in [2.24, 2.45) is 0 Å². The molecule has 16 heavy (non-hydrogen) atoms. The molecule has 0 radical (unpaired) electrons. The largest absolute Gasteiger partial charge is 0.0622 e. The zero-order chi connectivity index (χ0) is 11.2. The SMILES string of the molecule is CCc1ccc(CCc2ccccc2)cc1. The third-order valence-electron chi connectivity index (χ3n) is 2.98. The van der Waals surface area contributed by atoms with Crippen molar-refractivity contribution in [1.29, 1.82) is 0 Å². The molecule has 0 atom stereocenters. The van der Waals surface area contributed by atoms with Gasteiger partial charge < -0.3 is 0 Å². The average molecular weight is 210 g/mol. The summed E-state index contributed by atoms with van der Waals surface area (Å²) in [5.74, 6) is 0. The van der Waals surface area contributed by atoms with E-state index in [1.165, 1.54) is 16.7 Å². The summed E-state index contributed by atoms with van der Waals surface area (Å²) in [4.78, 5) is 0. The number of hydrogen-bond donors (Lipinski definition) is 0. The Morgan fingerprint density at radius 1 is 0.625 bits per heavy atom. The molecule has 0 saturated heterocycles. The van der Waals surface area contributed by atoms with Crippen molar-refractivity contribution in [2.45, 2.75) is 26.2 Å². The van der Waals surface area contributed by atoms with Gasteiger partial charge in [-0.05, 0) is 36.0 Å². The van der Waals surface area contributed by atoms with Crippen LogP contribution in [0.5, 0.6) is 0 Å². The number of hydrogen-bond acceptors (Lipinski definition) is 0. The van der Waals surface area contributed by atoms with Crippen molar-refractivity contribution in [2.75, 3.05) is 0 Å². The molecule has 2 aromatic rings. The minimum Gasteiger partial charge on any atom is -0.0622 e. The fourth-order valence-electron chi connectivity index (χ4n) is 1.87. The van der Waals surface area contributed by atoms with Gasteiger partial charge in [0.25, 0.3) is 0 Å². The van der Waals surface area contributed by atoms with Crippen molar-refractivity contribution in [3.05, 3.63) is 71.3 Å². The lowest BCUT2D eigenvalue weighted by Crippen LogP contribution is -1.91. The number of benzene rings is 2. The van der Waals surface area contributed by atoms with E-state index in [1.54, 1.807) is 0 Å². The second-order valence-electron chi connectivity index (χ2n) is 4.16. The van der Waals surface area contributed by atoms with Crippen LogP contribution < -0.4 is 0 Å². The van der Waals surface area contributed by atoms with Gasteiger partial charge in [0.15, 0.2) is 0 Å². The molecule has 0 heteroatoms. The van der Waals surface area contributed by atoms with Gasteiger partial charge in [-0.3, -0.25) is 0 Å². The third kappa shape index (κ3) is 2.96. The molecule has 0 saturated carbocycles. The lowest BCUT2D eigenvalue weighted by Gasteiger charge is -2.03. The molecule has 82 valence electrons. The number of aryl methyl sites for hydroxylation is 3. The van der Waals surface area contributed by atoms with E-state index in [-0.39, 0.29) is 0 Å². The van der Waals surface area contributed by atoms with E-state index in [0.717, 1.165) is 19.3 Å². The molecule has 0 aromatic heterocycles. The summed E-state index contributed by atoms with van der Waals surface area (Å²) in [6.45, 7) is 2.19. The van der Waals surface area contributed by atoms with Gasteiger partial charge >= 0.3 is 0 Å². The quantitative estimate of drug-likeness (QED) is 0.714. The minimum atomic E-state index is 1.12. The first-order chi connectivity index (χ1) is 7.88. The van der Waals surface area contributed by atoms with E-state index in [1.807, 2.05) is 0 Å². The van der Waals surface area contributed by atoms with Gasteiger partial charge in [0.05, 0.1) is 0 Å². The Morgan fingerprint density at radius 3 is 1.69 bits per heavy atom. The first-order valence-corrected chi connectivity index (χ1v) is 6.00. The lowest BCUT2D eigenvalue weighted by atomic mass is 10.0. The highest BCUT2D eigenvalue weighted by molar-refractivity contribution is 5.24. The summed E-state index contributed by atoms with van der Waals surface area (Å²) in [6.07, 6.45) is 3.39. The highest BCUT2D eigenvalue weighted by Crippen LogP contribution is 2.09. The van der Waals surface area contributed by atoms with Gasteiger partial charge in [-0.25, -0.2) is 0 Å². The summed E-state index contributed by atoms with van der Waals surface area (Å²) in [7, 11) is 0. The maximum atomic E-state index is 2.25. The Balaban J connectivity index is 1.94. The zero-order valence-corrected chi connectivity index (χ0v) is 9.82. The smallest absolute Gasteiger partial charge is 0.0238 e. The molecule has 0 amide bonds. The van der Waals surface area contributed by atoms with Crippen LogP contribution in [-0.4, -0.2) is 0 Å². The summed E-state index contributed by atoms with van der Waals surface area (Å²) < 4.78 is 0. The average Bonchev–Trinajstić information content (AvgIpc) is 2.38. The van der Waals surface area contributed by atoms with E-state index in [9.17, 15) is 0 Å². The molecule has 0 heterocycles. The van der Waals surface area contributed by atoms with E-state index < -0.39 is 0 Å². The monoisotopic (exact) mass is 210 g/mol. The topological polar surface area (TPSA) is 0 Å². The first-order valence-electron chi connectivity index (χ1n) is 6.00. The van der Waals surface area contributed by atoms with Crippen molar-refractivity contribution >= 4 is 0 Å². The van der Waals surface area contributed by atoms with Crippen molar-refractivity contribution in [1.82, 2.24) is 0 Å². The summed E-state index contributed by atoms with van der Waals surface area (Å²) in [5.41, 5.74) is 4.27. The summed E-state index contributed by atoms with van der Waals surface area (Å²) in [6, 6.07) is 19.6. The highest BCUT2D eigenvalue weighted by atomic mass is 14.0. The molecule has 0 aliphatic rings. The Morgan fingerprint density at radius 2 is 1.12 bits per heavy atom. The van der Waals surface area contributed by atoms with Gasteiger partial charge in [0.1, 0.15) is 0 Å². The van der Waals surface area contributed by atoms with Crippen LogP contribution in [0.25, 0.3) is 0 Å². The predicted octanol–water partition coefficient (Wildman–Crippen LogP) is 4.03. The highest BCUT2D eigenvalue weighted by Gasteiger charge is 1.95. The van der Waals surface area contributed by atoms with Crippen LogP contribution >= 0.6 is 0 Å². The van der Waals surface area contributed by atoms with Crippen molar-refractivity contribution in [3.63, 3.8) is 0 Å². The standard InChI is InChI=1S/C16H18/c1-2-14-8-10-16(11-9-14)13-12-15-6-4-3-5-7-15/h3-11H,2,12-13H2,1H3. The molecule has 0 aliphatic heterocycles. The van der Waals surface area contributed by atoms with Gasteiger partial charge in [-0.1, -0.05) is 61.5 Å². The predicted molar refractivity (Wildman–Crippen MR) is 69.7 cm³/mol. The molecule has 0 N–H and O–H groups in total. The third-order valence-corrected chi connectivity index (χ3v) is 2.98. The maximum absolute atomic E-state index is 2.25. The Bertz CT molecular complexity index is 412. The molecule has 0 fully saturated rings. The molecule has 0 bridgehead atoms. The Kier molecular flexibility index (Phi) is 3.76. The normalized spacial score (nSPS) is 10.3. The van der Waals surface area contributed by atoms with Crippen LogP contribution in [0, 0.1) is 0 Å². The van der Waals surface area contributed by atoms with Crippen molar-refractivity contribution in [3.8, 4) is 0 Å². The molecule has 0 spiro atoms.